The van der Waals surface area contributed by atoms with Gasteiger partial charge >= 0.3 is 0 Å². The maximum absolute atomic E-state index is 5.83. The minimum absolute atomic E-state index is 0.263. The molecule has 0 bridgehead atoms. The van der Waals surface area contributed by atoms with Crippen LogP contribution < -0.4 is 5.73 Å². The van der Waals surface area contributed by atoms with Gasteiger partial charge in [0, 0.05) is 6.04 Å². The van der Waals surface area contributed by atoms with Gasteiger partial charge in [-0.1, -0.05) is 54.6 Å². The van der Waals surface area contributed by atoms with E-state index in [-0.39, 0.29) is 6.04 Å². The average molecular weight is 225 g/mol. The molecule has 1 atom stereocenters. The van der Waals surface area contributed by atoms with Gasteiger partial charge in [0.25, 0.3) is 0 Å². The molecule has 17 heavy (non-hydrogen) atoms. The number of aryl methyl sites for hydroxylation is 1. The Bertz CT molecular complexity index is 460. The summed E-state index contributed by atoms with van der Waals surface area (Å²) in [4.78, 5) is 0. The molecule has 2 N–H and O–H groups in total. The van der Waals surface area contributed by atoms with Crippen molar-refractivity contribution in [1.29, 1.82) is 0 Å². The summed E-state index contributed by atoms with van der Waals surface area (Å²) >= 11 is 0. The first-order valence-corrected chi connectivity index (χ1v) is 6.16. The van der Waals surface area contributed by atoms with Crippen molar-refractivity contribution < 1.29 is 0 Å². The van der Waals surface area contributed by atoms with Crippen molar-refractivity contribution in [1.82, 2.24) is 0 Å². The van der Waals surface area contributed by atoms with Crippen molar-refractivity contribution in [2.45, 2.75) is 25.8 Å². The molecule has 0 aliphatic rings. The van der Waals surface area contributed by atoms with Gasteiger partial charge in [0.2, 0.25) is 0 Å². The number of nitrogens with two attached hydrogens (primary N) is 1. The fourth-order valence-electron chi connectivity index (χ4n) is 2.02. The second-order valence-electron chi connectivity index (χ2n) is 4.54. The molecule has 0 saturated heterocycles. The fraction of sp³-hybridized carbons (Fsp3) is 0.250. The number of benzene rings is 2. The monoisotopic (exact) mass is 225 g/mol. The minimum Gasteiger partial charge on any atom is -0.328 e. The van der Waals surface area contributed by atoms with Gasteiger partial charge in [0.05, 0.1) is 0 Å². The molecule has 0 fully saturated rings. The van der Waals surface area contributed by atoms with Crippen LogP contribution in [0.3, 0.4) is 0 Å². The quantitative estimate of drug-likeness (QED) is 0.844. The zero-order valence-corrected chi connectivity index (χ0v) is 10.3. The Balaban J connectivity index is 2.28. The molecule has 0 aliphatic carbocycles. The largest absolute Gasteiger partial charge is 0.328 e. The van der Waals surface area contributed by atoms with E-state index in [0.717, 1.165) is 12.8 Å². The molecule has 1 heteroatoms. The van der Waals surface area contributed by atoms with Crippen molar-refractivity contribution in [2.75, 3.05) is 0 Å². The lowest BCUT2D eigenvalue weighted by Crippen LogP contribution is -2.15. The highest BCUT2D eigenvalue weighted by Crippen LogP contribution is 2.24. The molecule has 0 amide bonds. The van der Waals surface area contributed by atoms with Crippen LogP contribution in [-0.2, 0) is 6.42 Å². The van der Waals surface area contributed by atoms with E-state index in [2.05, 4.69) is 55.5 Å². The third-order valence-corrected chi connectivity index (χ3v) is 2.97. The van der Waals surface area contributed by atoms with Crippen LogP contribution in [0, 0.1) is 0 Å². The SMILES string of the molecule is C[C@H](N)CCc1ccccc1-c1ccccc1. The summed E-state index contributed by atoms with van der Waals surface area (Å²) < 4.78 is 0. The highest BCUT2D eigenvalue weighted by atomic mass is 14.6. The van der Waals surface area contributed by atoms with E-state index in [0.29, 0.717) is 0 Å². The van der Waals surface area contributed by atoms with Crippen LogP contribution >= 0.6 is 0 Å². The summed E-state index contributed by atoms with van der Waals surface area (Å²) in [6.07, 6.45) is 2.08. The van der Waals surface area contributed by atoms with Crippen molar-refractivity contribution in [3.05, 3.63) is 60.2 Å². The minimum atomic E-state index is 0.263. The first-order chi connectivity index (χ1) is 8.27. The Labute approximate surface area is 103 Å². The Morgan fingerprint density at radius 1 is 0.941 bits per heavy atom. The zero-order chi connectivity index (χ0) is 12.1. The van der Waals surface area contributed by atoms with Crippen molar-refractivity contribution in [2.24, 2.45) is 5.73 Å². The lowest BCUT2D eigenvalue weighted by Gasteiger charge is -2.11. The maximum atomic E-state index is 5.83. The molecule has 0 heterocycles. The van der Waals surface area contributed by atoms with Gasteiger partial charge < -0.3 is 5.73 Å². The molecule has 2 aromatic carbocycles. The Morgan fingerprint density at radius 2 is 1.59 bits per heavy atom. The molecule has 0 saturated carbocycles. The molecular formula is C16H19N. The molecule has 2 aromatic rings. The summed E-state index contributed by atoms with van der Waals surface area (Å²) in [7, 11) is 0. The first kappa shape index (κ1) is 11.9. The van der Waals surface area contributed by atoms with Gasteiger partial charge in [-0.2, -0.15) is 0 Å². The van der Waals surface area contributed by atoms with E-state index in [4.69, 9.17) is 5.73 Å². The standard InChI is InChI=1S/C16H19N/c1-13(17)11-12-15-9-5-6-10-16(15)14-7-3-2-4-8-14/h2-10,13H,11-12,17H2,1H3/t13-/m0/s1. The molecule has 2 rings (SSSR count). The van der Waals surface area contributed by atoms with E-state index < -0.39 is 0 Å². The van der Waals surface area contributed by atoms with Crippen LogP contribution in [0.15, 0.2) is 54.6 Å². The third kappa shape index (κ3) is 3.18. The number of hydrogen-bond donors (Lipinski definition) is 1. The molecule has 0 radical (unpaired) electrons. The van der Waals surface area contributed by atoms with Crippen LogP contribution in [0.1, 0.15) is 18.9 Å². The highest BCUT2D eigenvalue weighted by Gasteiger charge is 2.04. The lowest BCUT2D eigenvalue weighted by molar-refractivity contribution is 0.666. The van der Waals surface area contributed by atoms with Gasteiger partial charge in [-0.05, 0) is 36.5 Å². The summed E-state index contributed by atoms with van der Waals surface area (Å²) in [6.45, 7) is 2.06. The highest BCUT2D eigenvalue weighted by molar-refractivity contribution is 5.67. The van der Waals surface area contributed by atoms with Crippen molar-refractivity contribution in [3.8, 4) is 11.1 Å². The normalized spacial score (nSPS) is 12.4. The van der Waals surface area contributed by atoms with Gasteiger partial charge in [-0.15, -0.1) is 0 Å². The van der Waals surface area contributed by atoms with Gasteiger partial charge in [-0.25, -0.2) is 0 Å². The van der Waals surface area contributed by atoms with Crippen LogP contribution in [0.4, 0.5) is 0 Å². The predicted molar refractivity (Wildman–Crippen MR) is 73.8 cm³/mol. The van der Waals surface area contributed by atoms with E-state index in [1.165, 1.54) is 16.7 Å². The lowest BCUT2D eigenvalue weighted by atomic mass is 9.96. The summed E-state index contributed by atoms with van der Waals surface area (Å²) in [6, 6.07) is 19.4. The second-order valence-corrected chi connectivity index (χ2v) is 4.54. The fourth-order valence-corrected chi connectivity index (χ4v) is 2.02. The smallest absolute Gasteiger partial charge is 0.00136 e. The van der Waals surface area contributed by atoms with Crippen LogP contribution in [0.2, 0.25) is 0 Å². The summed E-state index contributed by atoms with van der Waals surface area (Å²) in [5, 5.41) is 0. The first-order valence-electron chi connectivity index (χ1n) is 6.16. The maximum Gasteiger partial charge on any atom is 0.00136 e. The molecule has 0 aliphatic heterocycles. The second kappa shape index (κ2) is 5.65. The molecule has 0 unspecified atom stereocenters. The molecule has 1 nitrogen and oxygen atoms in total. The van der Waals surface area contributed by atoms with E-state index in [1.54, 1.807) is 0 Å². The predicted octanol–water partition coefficient (Wildman–Crippen LogP) is 3.63. The van der Waals surface area contributed by atoms with E-state index in [9.17, 15) is 0 Å². The third-order valence-electron chi connectivity index (χ3n) is 2.97. The Kier molecular flexibility index (Phi) is 3.94. The molecule has 0 aromatic heterocycles. The van der Waals surface area contributed by atoms with E-state index >= 15 is 0 Å². The average Bonchev–Trinajstić information content (AvgIpc) is 2.38. The Morgan fingerprint density at radius 3 is 2.29 bits per heavy atom. The topological polar surface area (TPSA) is 26.0 Å². The van der Waals surface area contributed by atoms with Gasteiger partial charge in [0.15, 0.2) is 0 Å². The molecule has 0 spiro atoms. The Hall–Kier alpha value is -1.60. The van der Waals surface area contributed by atoms with E-state index in [1.807, 2.05) is 6.07 Å². The molecule has 88 valence electrons. The van der Waals surface area contributed by atoms with Crippen LogP contribution in [0.25, 0.3) is 11.1 Å². The summed E-state index contributed by atoms with van der Waals surface area (Å²) in [5.74, 6) is 0. The number of hydrogen-bond acceptors (Lipinski definition) is 1. The van der Waals surface area contributed by atoms with Gasteiger partial charge in [-0.3, -0.25) is 0 Å². The van der Waals surface area contributed by atoms with Gasteiger partial charge in [0.1, 0.15) is 0 Å². The zero-order valence-electron chi connectivity index (χ0n) is 10.3. The van der Waals surface area contributed by atoms with Crippen LogP contribution in [-0.4, -0.2) is 6.04 Å². The molecular weight excluding hydrogens is 206 g/mol. The summed E-state index contributed by atoms with van der Waals surface area (Å²) in [5.41, 5.74) is 9.83. The van der Waals surface area contributed by atoms with Crippen molar-refractivity contribution in [3.63, 3.8) is 0 Å². The number of rotatable bonds is 4. The van der Waals surface area contributed by atoms with Crippen molar-refractivity contribution >= 4 is 0 Å². The van der Waals surface area contributed by atoms with Crippen LogP contribution in [0.5, 0.6) is 0 Å².